The van der Waals surface area contributed by atoms with E-state index in [1.54, 1.807) is 19.1 Å². The van der Waals surface area contributed by atoms with Gasteiger partial charge in [0.2, 0.25) is 0 Å². The molecule has 0 atom stereocenters. The summed E-state index contributed by atoms with van der Waals surface area (Å²) in [7, 11) is 0. The Kier molecular flexibility index (Phi) is 4.59. The van der Waals surface area contributed by atoms with Crippen LogP contribution in [-0.2, 0) is 4.79 Å². The number of carbonyl (C=O) groups is 2. The number of anilines is 1. The molecule has 0 saturated heterocycles. The van der Waals surface area contributed by atoms with E-state index in [4.69, 9.17) is 14.4 Å². The van der Waals surface area contributed by atoms with Gasteiger partial charge < -0.3 is 19.7 Å². The number of para-hydroxylation sites is 1. The first-order valence-corrected chi connectivity index (χ1v) is 6.64. The van der Waals surface area contributed by atoms with Gasteiger partial charge in [-0.3, -0.25) is 4.79 Å². The van der Waals surface area contributed by atoms with Crippen LogP contribution < -0.4 is 10.1 Å². The molecule has 1 heterocycles. The molecular weight excluding hydrogens is 344 g/mol. The van der Waals surface area contributed by atoms with Crippen molar-refractivity contribution in [3.05, 3.63) is 40.1 Å². The lowest BCUT2D eigenvalue weighted by molar-refractivity contribution is -0.118. The number of amides is 1. The number of ether oxygens (including phenoxy) is 1. The summed E-state index contributed by atoms with van der Waals surface area (Å²) in [5.41, 5.74) is 0.157. The minimum atomic E-state index is -1.14. The molecule has 0 radical (unpaired) electrons. The Labute approximate surface area is 128 Å². The van der Waals surface area contributed by atoms with E-state index >= 15 is 0 Å². The predicted octanol–water partition coefficient (Wildman–Crippen LogP) is 2.46. The molecule has 0 bridgehead atoms. The van der Waals surface area contributed by atoms with Gasteiger partial charge in [-0.25, -0.2) is 4.79 Å². The van der Waals surface area contributed by atoms with Crippen molar-refractivity contribution in [1.82, 2.24) is 5.16 Å². The summed E-state index contributed by atoms with van der Waals surface area (Å²) in [5, 5.41) is 15.2. The number of benzene rings is 1. The van der Waals surface area contributed by atoms with Crippen molar-refractivity contribution in [3.63, 3.8) is 0 Å². The molecule has 110 valence electrons. The Morgan fingerprint density at radius 2 is 2.24 bits per heavy atom. The van der Waals surface area contributed by atoms with Crippen molar-refractivity contribution < 1.29 is 24.0 Å². The Hall–Kier alpha value is -2.35. The molecule has 0 spiro atoms. The van der Waals surface area contributed by atoms with Crippen LogP contribution in [0, 0.1) is 6.92 Å². The van der Waals surface area contributed by atoms with Crippen LogP contribution in [0.4, 0.5) is 5.69 Å². The minimum absolute atomic E-state index is 0.0185. The molecule has 21 heavy (non-hydrogen) atoms. The number of hydrogen-bond donors (Lipinski definition) is 2. The third kappa shape index (κ3) is 3.82. The average molecular weight is 355 g/mol. The Morgan fingerprint density at radius 1 is 1.48 bits per heavy atom. The summed E-state index contributed by atoms with van der Waals surface area (Å²) in [6.45, 7) is 1.38. The number of nitrogens with zero attached hydrogens (tertiary/aromatic N) is 1. The molecular formula is C13H11BrN2O5. The molecule has 0 aliphatic heterocycles. The third-order valence-corrected chi connectivity index (χ3v) is 3.13. The van der Waals surface area contributed by atoms with E-state index in [1.807, 2.05) is 0 Å². The highest BCUT2D eigenvalue weighted by Crippen LogP contribution is 2.26. The fourth-order valence-corrected chi connectivity index (χ4v) is 2.02. The Morgan fingerprint density at radius 3 is 2.86 bits per heavy atom. The van der Waals surface area contributed by atoms with Crippen molar-refractivity contribution in [2.75, 3.05) is 11.9 Å². The van der Waals surface area contributed by atoms with Crippen molar-refractivity contribution >= 4 is 33.5 Å². The van der Waals surface area contributed by atoms with Crippen molar-refractivity contribution in [2.24, 2.45) is 0 Å². The zero-order chi connectivity index (χ0) is 15.4. The zero-order valence-corrected chi connectivity index (χ0v) is 12.5. The SMILES string of the molecule is Cc1cc(OCC(=O)Nc2c(Br)cccc2C(=O)O)no1. The predicted molar refractivity (Wildman–Crippen MR) is 76.5 cm³/mol. The molecule has 7 nitrogen and oxygen atoms in total. The number of rotatable bonds is 5. The highest BCUT2D eigenvalue weighted by Gasteiger charge is 2.15. The lowest BCUT2D eigenvalue weighted by atomic mass is 10.2. The Bertz CT molecular complexity index is 683. The average Bonchev–Trinajstić information content (AvgIpc) is 2.84. The van der Waals surface area contributed by atoms with E-state index in [1.165, 1.54) is 12.1 Å². The van der Waals surface area contributed by atoms with Gasteiger partial charge in [0.25, 0.3) is 11.8 Å². The van der Waals surface area contributed by atoms with Crippen LogP contribution in [0.25, 0.3) is 0 Å². The zero-order valence-electron chi connectivity index (χ0n) is 10.9. The second-order valence-corrected chi connectivity index (χ2v) is 4.93. The first-order chi connectivity index (χ1) is 9.97. The molecule has 0 aliphatic rings. The third-order valence-electron chi connectivity index (χ3n) is 2.47. The van der Waals surface area contributed by atoms with E-state index in [2.05, 4.69) is 26.4 Å². The molecule has 0 fully saturated rings. The summed E-state index contributed by atoms with van der Waals surface area (Å²) >= 11 is 3.20. The van der Waals surface area contributed by atoms with Crippen LogP contribution in [0.15, 0.2) is 33.3 Å². The fourth-order valence-electron chi connectivity index (χ4n) is 1.56. The second kappa shape index (κ2) is 6.40. The van der Waals surface area contributed by atoms with Crippen molar-refractivity contribution in [2.45, 2.75) is 6.92 Å². The van der Waals surface area contributed by atoms with Crippen molar-refractivity contribution in [3.8, 4) is 5.88 Å². The Balaban J connectivity index is 2.04. The number of aromatic nitrogens is 1. The minimum Gasteiger partial charge on any atom is -0.478 e. The van der Waals surface area contributed by atoms with Crippen LogP contribution in [0.1, 0.15) is 16.1 Å². The summed E-state index contributed by atoms with van der Waals surface area (Å²) in [5.74, 6) is -0.901. The van der Waals surface area contributed by atoms with Gasteiger partial charge in [-0.2, -0.15) is 0 Å². The van der Waals surface area contributed by atoms with E-state index in [0.29, 0.717) is 10.2 Å². The van der Waals surface area contributed by atoms with Crippen LogP contribution in [0.2, 0.25) is 0 Å². The largest absolute Gasteiger partial charge is 0.478 e. The number of carbonyl (C=O) groups excluding carboxylic acids is 1. The number of aromatic carboxylic acids is 1. The first-order valence-electron chi connectivity index (χ1n) is 5.85. The monoisotopic (exact) mass is 354 g/mol. The maximum Gasteiger partial charge on any atom is 0.337 e. The van der Waals surface area contributed by atoms with Gasteiger partial charge in [0, 0.05) is 10.5 Å². The quantitative estimate of drug-likeness (QED) is 0.854. The van der Waals surface area contributed by atoms with Gasteiger partial charge in [0.1, 0.15) is 5.76 Å². The number of nitrogens with one attached hydrogen (secondary N) is 1. The maximum absolute atomic E-state index is 11.8. The smallest absolute Gasteiger partial charge is 0.337 e. The normalized spacial score (nSPS) is 10.2. The highest BCUT2D eigenvalue weighted by molar-refractivity contribution is 9.10. The van der Waals surface area contributed by atoms with Gasteiger partial charge in [-0.1, -0.05) is 6.07 Å². The molecule has 0 unspecified atom stereocenters. The number of carboxylic acids is 1. The molecule has 2 N–H and O–H groups in total. The number of hydrogen-bond acceptors (Lipinski definition) is 5. The van der Waals surface area contributed by atoms with E-state index in [-0.39, 0.29) is 23.7 Å². The molecule has 1 amide bonds. The van der Waals surface area contributed by atoms with Crippen LogP contribution in [0.3, 0.4) is 0 Å². The lowest BCUT2D eigenvalue weighted by Gasteiger charge is -2.10. The van der Waals surface area contributed by atoms with Crippen LogP contribution >= 0.6 is 15.9 Å². The molecule has 8 heteroatoms. The molecule has 0 saturated carbocycles. The summed E-state index contributed by atoms with van der Waals surface area (Å²) < 4.78 is 10.4. The lowest BCUT2D eigenvalue weighted by Crippen LogP contribution is -2.22. The first kappa shape index (κ1) is 15.0. The van der Waals surface area contributed by atoms with Gasteiger partial charge >= 0.3 is 5.97 Å². The van der Waals surface area contributed by atoms with E-state index in [9.17, 15) is 9.59 Å². The fraction of sp³-hybridized carbons (Fsp3) is 0.154. The standard InChI is InChI=1S/C13H11BrN2O5/c1-7-5-11(16-21-7)20-6-10(17)15-12-8(13(18)19)3-2-4-9(12)14/h2-5H,6H2,1H3,(H,15,17)(H,18,19). The second-order valence-electron chi connectivity index (χ2n) is 4.08. The number of aryl methyl sites for hydroxylation is 1. The topological polar surface area (TPSA) is 102 Å². The van der Waals surface area contributed by atoms with Gasteiger partial charge in [0.05, 0.1) is 11.3 Å². The number of halogens is 1. The van der Waals surface area contributed by atoms with E-state index < -0.39 is 11.9 Å². The van der Waals surface area contributed by atoms with Crippen LogP contribution in [-0.4, -0.2) is 28.7 Å². The van der Waals surface area contributed by atoms with Gasteiger partial charge in [-0.15, -0.1) is 0 Å². The summed E-state index contributed by atoms with van der Waals surface area (Å²) in [6, 6.07) is 6.13. The summed E-state index contributed by atoms with van der Waals surface area (Å²) in [6.07, 6.45) is 0. The molecule has 2 aromatic rings. The summed E-state index contributed by atoms with van der Waals surface area (Å²) in [4.78, 5) is 22.9. The molecule has 1 aromatic carbocycles. The van der Waals surface area contributed by atoms with Gasteiger partial charge in [-0.05, 0) is 40.1 Å². The van der Waals surface area contributed by atoms with E-state index in [0.717, 1.165) is 0 Å². The number of carboxylic acid groups (broad SMARTS) is 1. The highest BCUT2D eigenvalue weighted by atomic mass is 79.9. The van der Waals surface area contributed by atoms with Crippen molar-refractivity contribution in [1.29, 1.82) is 0 Å². The molecule has 0 aliphatic carbocycles. The molecule has 1 aromatic heterocycles. The van der Waals surface area contributed by atoms with Gasteiger partial charge in [0.15, 0.2) is 6.61 Å². The molecule has 2 rings (SSSR count). The van der Waals surface area contributed by atoms with Crippen LogP contribution in [0.5, 0.6) is 5.88 Å². The maximum atomic E-state index is 11.8.